The third-order valence-electron chi connectivity index (χ3n) is 14.4. The van der Waals surface area contributed by atoms with Crippen LogP contribution in [0.15, 0.2) is 120 Å². The molecule has 0 spiro atoms. The highest BCUT2D eigenvalue weighted by molar-refractivity contribution is 6.12. The van der Waals surface area contributed by atoms with Crippen molar-refractivity contribution in [3.63, 3.8) is 0 Å². The predicted octanol–water partition coefficient (Wildman–Crippen LogP) is 14.3. The van der Waals surface area contributed by atoms with Crippen LogP contribution in [0, 0.1) is 27.7 Å². The number of hydrogen-bond acceptors (Lipinski definition) is 4. The van der Waals surface area contributed by atoms with Crippen molar-refractivity contribution in [3.8, 4) is 22.6 Å². The molecule has 6 heteroatoms. The van der Waals surface area contributed by atoms with Crippen molar-refractivity contribution >= 4 is 49.8 Å². The lowest BCUT2D eigenvalue weighted by Gasteiger charge is -2.44. The van der Waals surface area contributed by atoms with Gasteiger partial charge in [0.2, 0.25) is 5.90 Å². The second-order valence-corrected chi connectivity index (χ2v) is 21.3. The molecule has 5 aromatic carbocycles. The molecule has 1 aliphatic heterocycles. The van der Waals surface area contributed by atoms with E-state index >= 15 is 0 Å². The van der Waals surface area contributed by atoms with E-state index in [9.17, 15) is 2.74 Å². The summed E-state index contributed by atoms with van der Waals surface area (Å²) in [6.07, 6.45) is 0.622. The van der Waals surface area contributed by atoms with Gasteiger partial charge in [-0.3, -0.25) is 4.57 Å². The van der Waals surface area contributed by atoms with Crippen LogP contribution in [0.1, 0.15) is 108 Å². The summed E-state index contributed by atoms with van der Waals surface area (Å²) >= 11 is 0. The van der Waals surface area contributed by atoms with Crippen LogP contribution in [0.25, 0.3) is 66.5 Å². The van der Waals surface area contributed by atoms with E-state index in [1.165, 1.54) is 16.5 Å². The van der Waals surface area contributed by atoms with Crippen molar-refractivity contribution in [1.29, 1.82) is 0 Å². The Bertz CT molecular complexity index is 3600. The van der Waals surface area contributed by atoms with E-state index in [2.05, 4.69) is 182 Å². The average molecular weight is 856 g/mol. The fourth-order valence-corrected chi connectivity index (χ4v) is 11.1. The van der Waals surface area contributed by atoms with Gasteiger partial charge in [0, 0.05) is 54.7 Å². The summed E-state index contributed by atoms with van der Waals surface area (Å²) in [6, 6.07) is 38.9. The van der Waals surface area contributed by atoms with Crippen LogP contribution in [0.5, 0.6) is 0 Å². The summed E-state index contributed by atoms with van der Waals surface area (Å²) in [7, 11) is 0. The molecule has 1 aliphatic carbocycles. The molecule has 0 fully saturated rings. The van der Waals surface area contributed by atoms with Gasteiger partial charge in [0.25, 0.3) is 0 Å². The predicted molar refractivity (Wildman–Crippen MR) is 271 cm³/mol. The number of pyridine rings is 2. The highest BCUT2D eigenvalue weighted by atomic mass is 16.5. The van der Waals surface area contributed by atoms with Gasteiger partial charge in [0.15, 0.2) is 0 Å². The van der Waals surface area contributed by atoms with Crippen LogP contribution in [-0.2, 0) is 28.4 Å². The van der Waals surface area contributed by atoms with E-state index in [0.29, 0.717) is 12.3 Å². The number of aliphatic imine (C=N–C) groups is 1. The Balaban J connectivity index is 1.12. The molecule has 65 heavy (non-hydrogen) atoms. The zero-order valence-electron chi connectivity index (χ0n) is 41.8. The molecule has 0 unspecified atom stereocenters. The summed E-state index contributed by atoms with van der Waals surface area (Å²) in [6.45, 7) is 26.1. The molecular weight excluding hydrogens is 795 g/mol. The molecule has 6 nitrogen and oxygen atoms in total. The normalized spacial score (nSPS) is 19.9. The molecule has 0 saturated carbocycles. The van der Waals surface area contributed by atoms with Crippen molar-refractivity contribution < 1.29 is 7.48 Å². The summed E-state index contributed by atoms with van der Waals surface area (Å²) in [4.78, 5) is 15.7. The van der Waals surface area contributed by atoms with E-state index in [1.54, 1.807) is 0 Å². The second-order valence-electron chi connectivity index (χ2n) is 21.3. The smallest absolute Gasteiger partial charge is 0.217 e. The molecule has 0 bridgehead atoms. The van der Waals surface area contributed by atoms with E-state index in [1.807, 2.05) is 25.3 Å². The number of rotatable bonds is 4. The molecule has 2 aliphatic rings. The van der Waals surface area contributed by atoms with Gasteiger partial charge in [0.05, 0.1) is 33.4 Å². The first-order chi connectivity index (χ1) is 31.6. The minimum Gasteiger partial charge on any atom is -0.468 e. The fourth-order valence-electron chi connectivity index (χ4n) is 11.1. The topological polar surface area (TPSA) is 57.2 Å². The number of ether oxygens (including phenoxy) is 1. The second kappa shape index (κ2) is 14.0. The molecule has 4 aromatic heterocycles. The zero-order valence-corrected chi connectivity index (χ0v) is 39.8. The third-order valence-corrected chi connectivity index (χ3v) is 14.4. The molecule has 0 amide bonds. The Hall–Kier alpha value is -6.53. The Morgan fingerprint density at radius 3 is 2.18 bits per heavy atom. The van der Waals surface area contributed by atoms with Crippen LogP contribution < -0.4 is 0 Å². The highest BCUT2D eigenvalue weighted by Crippen LogP contribution is 2.49. The maximum absolute atomic E-state index is 9.94. The van der Waals surface area contributed by atoms with Gasteiger partial charge in [-0.25, -0.2) is 15.0 Å². The van der Waals surface area contributed by atoms with Crippen molar-refractivity contribution in [2.75, 3.05) is 0 Å². The van der Waals surface area contributed by atoms with Crippen molar-refractivity contribution in [3.05, 3.63) is 165 Å². The maximum atomic E-state index is 9.94. The highest BCUT2D eigenvalue weighted by Gasteiger charge is 2.55. The van der Waals surface area contributed by atoms with Gasteiger partial charge in [-0.15, -0.1) is 0 Å². The van der Waals surface area contributed by atoms with Crippen molar-refractivity contribution in [1.82, 2.24) is 19.1 Å². The van der Waals surface area contributed by atoms with Gasteiger partial charge >= 0.3 is 0 Å². The standard InChI is InChI=1S/C59H59N5O/c1-34-20-22-48-44(25-34)45-27-35(2)50(64-49-23-21-47(38-17-14-13-15-18-38)61-53(49)43-19-16-24-60-54(43)64)31-51(45)63(48)42-29-39(28-41(30-42)56(5,6)7)55-62-58(11)32-40-26-36(3)52(57(8,9)10)37(4)46(40)33-59(58,12)65-55/h13-31H,32-33H2,1-12H3/t58-,59-/m0/s1/i32D2. The molecule has 0 saturated heterocycles. The quantitative estimate of drug-likeness (QED) is 0.177. The number of nitrogens with zero attached hydrogens (tertiary/aromatic N) is 5. The van der Waals surface area contributed by atoms with Crippen molar-refractivity contribution in [2.45, 2.75) is 118 Å². The van der Waals surface area contributed by atoms with E-state index in [0.717, 1.165) is 100 Å². The van der Waals surface area contributed by atoms with Gasteiger partial charge in [-0.05, 0) is 158 Å². The third kappa shape index (κ3) is 6.30. The monoisotopic (exact) mass is 855 g/mol. The molecule has 5 heterocycles. The SMILES string of the molecule is [2H]C1([2H])c2cc(C)c(C(C)(C)C)c(C)c2C[C@]2(C)OC(c3cc(-n4c5ccc(C)cc5c5cc(C)c(-n6c7ccc(-c8ccccc8)nc7c7cccnc76)cc54)cc(C(C)(C)C)c3)=N[C@@]12C. The molecule has 2 atom stereocenters. The van der Waals surface area contributed by atoms with Gasteiger partial charge < -0.3 is 9.30 Å². The number of fused-ring (bicyclic) bond motifs is 8. The lowest BCUT2D eigenvalue weighted by molar-refractivity contribution is 0.0270. The number of hydrogen-bond donors (Lipinski definition) is 0. The molecule has 9 aromatic rings. The minimum absolute atomic E-state index is 0.0886. The molecule has 11 rings (SSSR count). The van der Waals surface area contributed by atoms with E-state index < -0.39 is 17.5 Å². The Kier molecular flexibility index (Phi) is 8.37. The summed E-state index contributed by atoms with van der Waals surface area (Å²) in [5, 5.41) is 3.34. The van der Waals surface area contributed by atoms with Gasteiger partial charge in [-0.1, -0.05) is 89.6 Å². The fraction of sp³-hybridized carbons (Fsp3) is 0.305. The molecule has 0 N–H and O–H groups in total. The minimum atomic E-state index is -1.80. The first-order valence-electron chi connectivity index (χ1n) is 24.1. The Morgan fingerprint density at radius 1 is 0.677 bits per heavy atom. The molecule has 0 radical (unpaired) electrons. The van der Waals surface area contributed by atoms with E-state index in [-0.39, 0.29) is 10.8 Å². The summed E-state index contributed by atoms with van der Waals surface area (Å²) in [5.74, 6) is 0.478. The first-order valence-corrected chi connectivity index (χ1v) is 23.1. The Labute approximate surface area is 385 Å². The van der Waals surface area contributed by atoms with Crippen LogP contribution in [0.3, 0.4) is 0 Å². The number of benzene rings is 5. The first kappa shape index (κ1) is 38.9. The maximum Gasteiger partial charge on any atom is 0.217 e. The van der Waals surface area contributed by atoms with Crippen LogP contribution in [0.4, 0.5) is 0 Å². The average Bonchev–Trinajstić information content (AvgIpc) is 3.87. The molecule has 326 valence electrons. The van der Waals surface area contributed by atoms with Gasteiger partial charge in [-0.2, -0.15) is 0 Å². The number of aryl methyl sites for hydroxylation is 3. The van der Waals surface area contributed by atoms with E-state index in [4.69, 9.17) is 19.7 Å². The Morgan fingerprint density at radius 2 is 1.43 bits per heavy atom. The lowest BCUT2D eigenvalue weighted by atomic mass is 9.66. The van der Waals surface area contributed by atoms with Gasteiger partial charge in [0.1, 0.15) is 16.8 Å². The van der Waals surface area contributed by atoms with Crippen LogP contribution >= 0.6 is 0 Å². The van der Waals surface area contributed by atoms with Crippen LogP contribution in [0.2, 0.25) is 0 Å². The summed E-state index contributed by atoms with van der Waals surface area (Å²) in [5.41, 5.74) is 16.1. The number of aromatic nitrogens is 4. The summed E-state index contributed by atoms with van der Waals surface area (Å²) < 4.78 is 31.7. The van der Waals surface area contributed by atoms with Crippen LogP contribution in [-0.4, -0.2) is 36.1 Å². The largest absolute Gasteiger partial charge is 0.468 e. The molecular formula is C59H59N5O. The lowest BCUT2D eigenvalue weighted by Crippen LogP contribution is -2.53. The van der Waals surface area contributed by atoms with Crippen molar-refractivity contribution in [2.24, 2.45) is 4.99 Å². The zero-order chi connectivity index (χ0) is 47.3.